The van der Waals surface area contributed by atoms with Gasteiger partial charge < -0.3 is 10.1 Å². The number of hydrogen-bond donors (Lipinski definition) is 1. The second-order valence-corrected chi connectivity index (χ2v) is 5.71. The quantitative estimate of drug-likeness (QED) is 0.915. The molecule has 1 saturated heterocycles. The third kappa shape index (κ3) is 4.40. The first-order valence-electron chi connectivity index (χ1n) is 7.91. The van der Waals surface area contributed by atoms with Gasteiger partial charge in [-0.15, -0.1) is 0 Å². The van der Waals surface area contributed by atoms with Crippen molar-refractivity contribution in [3.8, 4) is 11.1 Å². The molecule has 0 bridgehead atoms. The Morgan fingerprint density at radius 1 is 1.26 bits per heavy atom. The van der Waals surface area contributed by atoms with Crippen molar-refractivity contribution in [1.29, 1.82) is 0 Å². The first-order valence-corrected chi connectivity index (χ1v) is 7.91. The highest BCUT2D eigenvalue weighted by Gasteiger charge is 2.10. The van der Waals surface area contributed by atoms with Crippen LogP contribution in [-0.2, 0) is 16.1 Å². The van der Waals surface area contributed by atoms with E-state index in [1.807, 2.05) is 41.3 Å². The number of ether oxygens (including phenoxy) is 1. The zero-order chi connectivity index (χ0) is 16.1. The molecule has 2 aromatic rings. The number of nitrogens with zero attached hydrogens (tertiary/aromatic N) is 3. The molecule has 0 saturated carbocycles. The fraction of sp³-hybridized carbons (Fsp3) is 0.412. The molecule has 2 heterocycles. The molecule has 1 aliphatic rings. The van der Waals surface area contributed by atoms with Gasteiger partial charge in [-0.25, -0.2) is 0 Å². The van der Waals surface area contributed by atoms with Gasteiger partial charge in [0.15, 0.2) is 0 Å². The Bertz CT molecular complexity index is 662. The van der Waals surface area contributed by atoms with Crippen molar-refractivity contribution in [2.24, 2.45) is 0 Å². The van der Waals surface area contributed by atoms with Crippen LogP contribution in [0.3, 0.4) is 0 Å². The highest BCUT2D eigenvalue weighted by atomic mass is 16.5. The summed E-state index contributed by atoms with van der Waals surface area (Å²) in [6.45, 7) is 6.98. The van der Waals surface area contributed by atoms with Crippen molar-refractivity contribution in [2.45, 2.75) is 13.5 Å². The summed E-state index contributed by atoms with van der Waals surface area (Å²) in [5.74, 6) is -0.0663. The van der Waals surface area contributed by atoms with Crippen molar-refractivity contribution in [2.75, 3.05) is 38.2 Å². The van der Waals surface area contributed by atoms with Gasteiger partial charge in [0.05, 0.1) is 26.0 Å². The van der Waals surface area contributed by atoms with Crippen LogP contribution < -0.4 is 5.32 Å². The van der Waals surface area contributed by atoms with Crippen molar-refractivity contribution < 1.29 is 9.53 Å². The summed E-state index contributed by atoms with van der Waals surface area (Å²) in [6.07, 6.45) is 3.92. The number of morpholine rings is 1. The van der Waals surface area contributed by atoms with E-state index < -0.39 is 0 Å². The minimum atomic E-state index is -0.0663. The Morgan fingerprint density at radius 2 is 2.09 bits per heavy atom. The summed E-state index contributed by atoms with van der Waals surface area (Å²) < 4.78 is 7.33. The van der Waals surface area contributed by atoms with E-state index in [9.17, 15) is 4.79 Å². The van der Waals surface area contributed by atoms with E-state index >= 15 is 0 Å². The fourth-order valence-corrected chi connectivity index (χ4v) is 2.68. The van der Waals surface area contributed by atoms with Gasteiger partial charge in [0, 0.05) is 44.0 Å². The number of carbonyl (C=O) groups is 1. The molecule has 1 aliphatic heterocycles. The zero-order valence-corrected chi connectivity index (χ0v) is 13.4. The standard InChI is InChI=1S/C17H22N4O2/c1-14(22)19-17-4-2-3-15(11-17)16-12-18-21(13-16)6-5-20-7-9-23-10-8-20/h2-4,11-13H,5-10H2,1H3,(H,19,22). The third-order valence-corrected chi connectivity index (χ3v) is 3.90. The number of nitrogens with one attached hydrogen (secondary N) is 1. The smallest absolute Gasteiger partial charge is 0.221 e. The molecule has 1 N–H and O–H groups in total. The maximum absolute atomic E-state index is 11.2. The normalized spacial score (nSPS) is 15.5. The Labute approximate surface area is 136 Å². The summed E-state index contributed by atoms with van der Waals surface area (Å²) in [7, 11) is 0. The molecular formula is C17H22N4O2. The van der Waals surface area contributed by atoms with Crippen LogP contribution in [0, 0.1) is 0 Å². The van der Waals surface area contributed by atoms with Crippen molar-refractivity contribution in [3.63, 3.8) is 0 Å². The van der Waals surface area contributed by atoms with Crippen LogP contribution in [0.5, 0.6) is 0 Å². The van der Waals surface area contributed by atoms with E-state index in [4.69, 9.17) is 4.74 Å². The number of benzene rings is 1. The van der Waals surface area contributed by atoms with Gasteiger partial charge in [0.1, 0.15) is 0 Å². The highest BCUT2D eigenvalue weighted by molar-refractivity contribution is 5.89. The van der Waals surface area contributed by atoms with Gasteiger partial charge in [-0.2, -0.15) is 5.10 Å². The van der Waals surface area contributed by atoms with E-state index in [-0.39, 0.29) is 5.91 Å². The summed E-state index contributed by atoms with van der Waals surface area (Å²) in [5.41, 5.74) is 2.91. The molecule has 1 fully saturated rings. The number of hydrogen-bond acceptors (Lipinski definition) is 4. The number of carbonyl (C=O) groups excluding carboxylic acids is 1. The molecule has 23 heavy (non-hydrogen) atoms. The fourth-order valence-electron chi connectivity index (χ4n) is 2.68. The van der Waals surface area contributed by atoms with Crippen molar-refractivity contribution >= 4 is 11.6 Å². The lowest BCUT2D eigenvalue weighted by Gasteiger charge is -2.26. The molecule has 3 rings (SSSR count). The topological polar surface area (TPSA) is 59.4 Å². The van der Waals surface area contributed by atoms with Gasteiger partial charge in [-0.05, 0) is 17.7 Å². The van der Waals surface area contributed by atoms with Crippen LogP contribution in [0.2, 0.25) is 0 Å². The molecule has 1 aromatic heterocycles. The van der Waals surface area contributed by atoms with Crippen molar-refractivity contribution in [3.05, 3.63) is 36.7 Å². The molecule has 122 valence electrons. The average Bonchev–Trinajstić information content (AvgIpc) is 3.03. The summed E-state index contributed by atoms with van der Waals surface area (Å²) >= 11 is 0. The van der Waals surface area contributed by atoms with E-state index in [0.717, 1.165) is 56.2 Å². The lowest BCUT2D eigenvalue weighted by Crippen LogP contribution is -2.38. The average molecular weight is 314 g/mol. The Morgan fingerprint density at radius 3 is 2.87 bits per heavy atom. The minimum absolute atomic E-state index is 0.0663. The lowest BCUT2D eigenvalue weighted by molar-refractivity contribution is -0.114. The van der Waals surface area contributed by atoms with E-state index in [0.29, 0.717) is 0 Å². The van der Waals surface area contributed by atoms with Gasteiger partial charge >= 0.3 is 0 Å². The largest absolute Gasteiger partial charge is 0.379 e. The highest BCUT2D eigenvalue weighted by Crippen LogP contribution is 2.22. The molecular weight excluding hydrogens is 292 g/mol. The maximum Gasteiger partial charge on any atom is 0.221 e. The minimum Gasteiger partial charge on any atom is -0.379 e. The summed E-state index contributed by atoms with van der Waals surface area (Å²) in [6, 6.07) is 7.80. The van der Waals surface area contributed by atoms with Gasteiger partial charge in [0.25, 0.3) is 0 Å². The molecule has 6 heteroatoms. The Kier molecular flexibility index (Phi) is 5.05. The second kappa shape index (κ2) is 7.39. The second-order valence-electron chi connectivity index (χ2n) is 5.71. The molecule has 0 aliphatic carbocycles. The predicted molar refractivity (Wildman–Crippen MR) is 89.2 cm³/mol. The van der Waals surface area contributed by atoms with E-state index in [1.165, 1.54) is 6.92 Å². The van der Waals surface area contributed by atoms with Gasteiger partial charge in [-0.3, -0.25) is 14.4 Å². The number of amides is 1. The van der Waals surface area contributed by atoms with E-state index in [1.54, 1.807) is 0 Å². The Hall–Kier alpha value is -2.18. The van der Waals surface area contributed by atoms with E-state index in [2.05, 4.69) is 15.3 Å². The number of aromatic nitrogens is 2. The maximum atomic E-state index is 11.2. The van der Waals surface area contributed by atoms with Gasteiger partial charge in [-0.1, -0.05) is 12.1 Å². The first-order chi connectivity index (χ1) is 11.2. The van der Waals surface area contributed by atoms with Crippen LogP contribution in [-0.4, -0.2) is 53.4 Å². The molecule has 0 radical (unpaired) electrons. The molecule has 0 atom stereocenters. The molecule has 1 aromatic carbocycles. The monoisotopic (exact) mass is 314 g/mol. The first kappa shape index (κ1) is 15.7. The van der Waals surface area contributed by atoms with Crippen LogP contribution in [0.1, 0.15) is 6.92 Å². The van der Waals surface area contributed by atoms with Crippen LogP contribution >= 0.6 is 0 Å². The van der Waals surface area contributed by atoms with Crippen LogP contribution in [0.25, 0.3) is 11.1 Å². The molecule has 6 nitrogen and oxygen atoms in total. The SMILES string of the molecule is CC(=O)Nc1cccc(-c2cnn(CCN3CCOCC3)c2)c1. The number of anilines is 1. The molecule has 1 amide bonds. The van der Waals surface area contributed by atoms with Crippen LogP contribution in [0.15, 0.2) is 36.7 Å². The molecule has 0 unspecified atom stereocenters. The van der Waals surface area contributed by atoms with Gasteiger partial charge in [0.2, 0.25) is 5.91 Å². The number of rotatable bonds is 5. The summed E-state index contributed by atoms with van der Waals surface area (Å²) in [4.78, 5) is 13.6. The zero-order valence-electron chi connectivity index (χ0n) is 13.4. The summed E-state index contributed by atoms with van der Waals surface area (Å²) in [5, 5.41) is 7.24. The predicted octanol–water partition coefficient (Wildman–Crippen LogP) is 1.84. The lowest BCUT2D eigenvalue weighted by atomic mass is 10.1. The Balaban J connectivity index is 1.63. The van der Waals surface area contributed by atoms with Crippen LogP contribution in [0.4, 0.5) is 5.69 Å². The third-order valence-electron chi connectivity index (χ3n) is 3.90. The van der Waals surface area contributed by atoms with Crippen molar-refractivity contribution in [1.82, 2.24) is 14.7 Å². The molecule has 0 spiro atoms.